The number of nitriles is 1. The van der Waals surface area contributed by atoms with Gasteiger partial charge in [0.1, 0.15) is 0 Å². The summed E-state index contributed by atoms with van der Waals surface area (Å²) in [6.07, 6.45) is 0. The second-order valence-corrected chi connectivity index (χ2v) is 5.62. The van der Waals surface area contributed by atoms with Crippen molar-refractivity contribution in [3.63, 3.8) is 0 Å². The second kappa shape index (κ2) is 8.34. The molecule has 7 heteroatoms. The van der Waals surface area contributed by atoms with E-state index in [1.807, 2.05) is 6.07 Å². The second-order valence-electron chi connectivity index (χ2n) is 4.78. The number of carbonyl (C=O) groups is 2. The lowest BCUT2D eigenvalue weighted by atomic mass is 10.1. The van der Waals surface area contributed by atoms with Crippen LogP contribution in [0, 0.1) is 11.3 Å². The highest BCUT2D eigenvalue weighted by atomic mass is 35.5. The van der Waals surface area contributed by atoms with E-state index in [0.29, 0.717) is 21.2 Å². The van der Waals surface area contributed by atoms with Gasteiger partial charge in [-0.25, -0.2) is 4.79 Å². The summed E-state index contributed by atoms with van der Waals surface area (Å²) in [5, 5.41) is 12.3. The molecule has 0 fully saturated rings. The lowest BCUT2D eigenvalue weighted by Crippen LogP contribution is -2.28. The number of ether oxygens (including phenoxy) is 1. The maximum Gasteiger partial charge on any atom is 0.338 e. The van der Waals surface area contributed by atoms with Crippen LogP contribution in [-0.4, -0.2) is 18.5 Å². The third-order valence-electron chi connectivity index (χ3n) is 3.05. The molecular weight excluding hydrogens is 351 g/mol. The number of halogens is 2. The van der Waals surface area contributed by atoms with Crippen LogP contribution in [0.4, 0.5) is 0 Å². The Morgan fingerprint density at radius 2 is 1.96 bits per heavy atom. The van der Waals surface area contributed by atoms with Gasteiger partial charge in [-0.05, 0) is 35.9 Å². The molecule has 0 aromatic heterocycles. The quantitative estimate of drug-likeness (QED) is 0.827. The van der Waals surface area contributed by atoms with Gasteiger partial charge in [-0.15, -0.1) is 0 Å². The fourth-order valence-corrected chi connectivity index (χ4v) is 2.32. The van der Waals surface area contributed by atoms with Crippen LogP contribution in [0.1, 0.15) is 21.5 Å². The van der Waals surface area contributed by atoms with Gasteiger partial charge in [-0.2, -0.15) is 5.26 Å². The zero-order chi connectivity index (χ0) is 17.5. The monoisotopic (exact) mass is 362 g/mol. The van der Waals surface area contributed by atoms with E-state index in [1.54, 1.807) is 30.3 Å². The topological polar surface area (TPSA) is 79.2 Å². The van der Waals surface area contributed by atoms with Gasteiger partial charge in [0.25, 0.3) is 5.91 Å². The maximum atomic E-state index is 11.8. The van der Waals surface area contributed by atoms with Crippen molar-refractivity contribution >= 4 is 35.1 Å². The largest absolute Gasteiger partial charge is 0.452 e. The van der Waals surface area contributed by atoms with Gasteiger partial charge >= 0.3 is 5.97 Å². The molecule has 5 nitrogen and oxygen atoms in total. The number of rotatable bonds is 5. The summed E-state index contributed by atoms with van der Waals surface area (Å²) in [5.74, 6) is -1.14. The Morgan fingerprint density at radius 1 is 1.17 bits per heavy atom. The summed E-state index contributed by atoms with van der Waals surface area (Å²) in [6, 6.07) is 12.9. The van der Waals surface area contributed by atoms with Crippen LogP contribution in [0.5, 0.6) is 0 Å². The van der Waals surface area contributed by atoms with Gasteiger partial charge in [0, 0.05) is 16.6 Å². The van der Waals surface area contributed by atoms with Crippen molar-refractivity contribution in [3.05, 3.63) is 69.2 Å². The van der Waals surface area contributed by atoms with Crippen LogP contribution >= 0.6 is 23.2 Å². The van der Waals surface area contributed by atoms with Gasteiger partial charge in [-0.1, -0.05) is 35.3 Å². The third kappa shape index (κ3) is 4.98. The highest BCUT2D eigenvalue weighted by Gasteiger charge is 2.11. The first-order valence-electron chi connectivity index (χ1n) is 6.87. The molecule has 0 saturated heterocycles. The van der Waals surface area contributed by atoms with Crippen molar-refractivity contribution in [1.82, 2.24) is 5.32 Å². The number of hydrogen-bond donors (Lipinski definition) is 1. The Labute approximate surface area is 148 Å². The SMILES string of the molecule is N#Cc1cccc(C(=O)OCC(=O)NCc2ccc(Cl)cc2Cl)c1. The van der Waals surface area contributed by atoms with Crippen molar-refractivity contribution in [1.29, 1.82) is 5.26 Å². The summed E-state index contributed by atoms with van der Waals surface area (Å²) < 4.78 is 4.91. The summed E-state index contributed by atoms with van der Waals surface area (Å²) in [5.41, 5.74) is 1.25. The highest BCUT2D eigenvalue weighted by molar-refractivity contribution is 6.35. The summed E-state index contributed by atoms with van der Waals surface area (Å²) in [6.45, 7) is -0.239. The molecular formula is C17H12Cl2N2O3. The molecule has 0 spiro atoms. The van der Waals surface area contributed by atoms with Gasteiger partial charge in [0.15, 0.2) is 6.61 Å². The van der Waals surface area contributed by atoms with Crippen LogP contribution in [-0.2, 0) is 16.1 Å². The van der Waals surface area contributed by atoms with Crippen LogP contribution in [0.15, 0.2) is 42.5 Å². The first kappa shape index (κ1) is 17.8. The molecule has 2 rings (SSSR count). The molecule has 2 aromatic carbocycles. The predicted molar refractivity (Wildman–Crippen MR) is 89.7 cm³/mol. The first-order chi connectivity index (χ1) is 11.5. The van der Waals surface area contributed by atoms with Gasteiger partial charge in [-0.3, -0.25) is 4.79 Å². The van der Waals surface area contributed by atoms with E-state index in [9.17, 15) is 9.59 Å². The van der Waals surface area contributed by atoms with E-state index < -0.39 is 18.5 Å². The minimum absolute atomic E-state index is 0.191. The van der Waals surface area contributed by atoms with Crippen molar-refractivity contribution in [2.24, 2.45) is 0 Å². The fraction of sp³-hybridized carbons (Fsp3) is 0.118. The molecule has 0 bridgehead atoms. The number of benzene rings is 2. The Hall–Kier alpha value is -2.55. The van der Waals surface area contributed by atoms with E-state index in [0.717, 1.165) is 0 Å². The number of hydrogen-bond acceptors (Lipinski definition) is 4. The average molecular weight is 363 g/mol. The van der Waals surface area contributed by atoms with E-state index in [4.69, 9.17) is 33.2 Å². The Morgan fingerprint density at radius 3 is 2.67 bits per heavy atom. The smallest absolute Gasteiger partial charge is 0.338 e. The zero-order valence-corrected chi connectivity index (χ0v) is 13.9. The van der Waals surface area contributed by atoms with E-state index in [-0.39, 0.29) is 12.1 Å². The van der Waals surface area contributed by atoms with E-state index in [2.05, 4.69) is 5.32 Å². The molecule has 0 aliphatic rings. The normalized spacial score (nSPS) is 9.88. The molecule has 24 heavy (non-hydrogen) atoms. The standard InChI is InChI=1S/C17H12Cl2N2O3/c18-14-5-4-13(15(19)7-14)9-21-16(22)10-24-17(23)12-3-1-2-11(6-12)8-20/h1-7H,9-10H2,(H,21,22). The van der Waals surface area contributed by atoms with Gasteiger partial charge in [0.2, 0.25) is 0 Å². The number of amides is 1. The molecule has 122 valence electrons. The van der Waals surface area contributed by atoms with Crippen molar-refractivity contribution in [2.75, 3.05) is 6.61 Å². The molecule has 0 radical (unpaired) electrons. The first-order valence-corrected chi connectivity index (χ1v) is 7.63. The Balaban J connectivity index is 1.84. The molecule has 2 aromatic rings. The fourth-order valence-electron chi connectivity index (χ4n) is 1.84. The van der Waals surface area contributed by atoms with Crippen LogP contribution in [0.3, 0.4) is 0 Å². The molecule has 1 amide bonds. The lowest BCUT2D eigenvalue weighted by molar-refractivity contribution is -0.124. The number of nitrogens with one attached hydrogen (secondary N) is 1. The van der Waals surface area contributed by atoms with Crippen molar-refractivity contribution in [2.45, 2.75) is 6.54 Å². The van der Waals surface area contributed by atoms with E-state index >= 15 is 0 Å². The van der Waals surface area contributed by atoms with Crippen molar-refractivity contribution in [3.8, 4) is 6.07 Å². The molecule has 1 N–H and O–H groups in total. The minimum atomic E-state index is -0.674. The average Bonchev–Trinajstić information content (AvgIpc) is 2.59. The van der Waals surface area contributed by atoms with Gasteiger partial charge < -0.3 is 10.1 Å². The number of nitrogens with zero attached hydrogens (tertiary/aromatic N) is 1. The third-order valence-corrected chi connectivity index (χ3v) is 3.64. The predicted octanol–water partition coefficient (Wildman–Crippen LogP) is 3.34. The summed E-state index contributed by atoms with van der Waals surface area (Å²) >= 11 is 11.8. The maximum absolute atomic E-state index is 11.8. The molecule has 0 saturated carbocycles. The Bertz CT molecular complexity index is 816. The van der Waals surface area contributed by atoms with Gasteiger partial charge in [0.05, 0.1) is 17.2 Å². The molecule has 0 atom stereocenters. The van der Waals surface area contributed by atoms with Crippen LogP contribution < -0.4 is 5.32 Å². The van der Waals surface area contributed by atoms with Crippen molar-refractivity contribution < 1.29 is 14.3 Å². The number of carbonyl (C=O) groups excluding carboxylic acids is 2. The molecule has 0 unspecified atom stereocenters. The lowest BCUT2D eigenvalue weighted by Gasteiger charge is -2.08. The molecule has 0 aliphatic heterocycles. The summed E-state index contributed by atoms with van der Waals surface area (Å²) in [7, 11) is 0. The van der Waals surface area contributed by atoms with E-state index in [1.165, 1.54) is 12.1 Å². The van der Waals surface area contributed by atoms with Crippen LogP contribution in [0.2, 0.25) is 10.0 Å². The molecule has 0 heterocycles. The molecule has 0 aliphatic carbocycles. The zero-order valence-electron chi connectivity index (χ0n) is 12.4. The summed E-state index contributed by atoms with van der Waals surface area (Å²) in [4.78, 5) is 23.6. The minimum Gasteiger partial charge on any atom is -0.452 e. The highest BCUT2D eigenvalue weighted by Crippen LogP contribution is 2.20. The number of esters is 1. The van der Waals surface area contributed by atoms with Crippen LogP contribution in [0.25, 0.3) is 0 Å². The Kier molecular flexibility index (Phi) is 6.19.